The summed E-state index contributed by atoms with van der Waals surface area (Å²) in [6.07, 6.45) is 0. The number of ether oxygens (including phenoxy) is 1. The number of amides is 1. The molecule has 3 aromatic carbocycles. The van der Waals surface area contributed by atoms with Crippen LogP contribution in [-0.4, -0.2) is 18.5 Å². The molecule has 1 unspecified atom stereocenters. The average molecular weight is 488 g/mol. The third kappa shape index (κ3) is 3.80. The second kappa shape index (κ2) is 8.71. The highest BCUT2D eigenvalue weighted by molar-refractivity contribution is 6.30. The number of carbonyl (C=O) groups is 2. The fourth-order valence-electron chi connectivity index (χ4n) is 4.46. The van der Waals surface area contributed by atoms with Crippen LogP contribution >= 0.6 is 11.6 Å². The largest absolute Gasteiger partial charge is 0.462 e. The summed E-state index contributed by atoms with van der Waals surface area (Å²) < 4.78 is 11.1. The topological polar surface area (TPSA) is 76.8 Å². The summed E-state index contributed by atoms with van der Waals surface area (Å²) >= 11 is 6.28. The molecule has 7 heteroatoms. The Morgan fingerprint density at radius 3 is 2.43 bits per heavy atom. The van der Waals surface area contributed by atoms with Gasteiger partial charge in [0.05, 0.1) is 29.2 Å². The van der Waals surface area contributed by atoms with Crippen LogP contribution in [0.25, 0.3) is 11.0 Å². The molecule has 176 valence electrons. The van der Waals surface area contributed by atoms with E-state index in [4.69, 9.17) is 20.8 Å². The molecule has 0 saturated carbocycles. The lowest BCUT2D eigenvalue weighted by Crippen LogP contribution is -2.29. The Morgan fingerprint density at radius 2 is 1.74 bits per heavy atom. The van der Waals surface area contributed by atoms with Crippen LogP contribution in [0.1, 0.15) is 56.1 Å². The summed E-state index contributed by atoms with van der Waals surface area (Å²) in [5, 5.41) is 0.906. The van der Waals surface area contributed by atoms with Crippen molar-refractivity contribution in [1.82, 2.24) is 0 Å². The minimum atomic E-state index is -0.744. The van der Waals surface area contributed by atoms with Crippen LogP contribution in [0.15, 0.2) is 69.9 Å². The first-order chi connectivity index (χ1) is 16.8. The summed E-state index contributed by atoms with van der Waals surface area (Å²) in [5.74, 6) is -0.883. The van der Waals surface area contributed by atoms with Crippen LogP contribution in [-0.2, 0) is 4.74 Å². The lowest BCUT2D eigenvalue weighted by Gasteiger charge is -2.25. The summed E-state index contributed by atoms with van der Waals surface area (Å²) in [6.45, 7) is 5.85. The Morgan fingerprint density at radius 1 is 1.03 bits per heavy atom. The van der Waals surface area contributed by atoms with Gasteiger partial charge in [-0.2, -0.15) is 0 Å². The molecule has 0 bridgehead atoms. The van der Waals surface area contributed by atoms with Gasteiger partial charge in [-0.05, 0) is 86.0 Å². The number of halogens is 1. The molecule has 0 saturated heterocycles. The first-order valence-corrected chi connectivity index (χ1v) is 11.6. The molecule has 0 fully saturated rings. The maximum absolute atomic E-state index is 13.8. The van der Waals surface area contributed by atoms with Crippen LogP contribution in [0.5, 0.6) is 0 Å². The number of nitrogens with zero attached hydrogens (tertiary/aromatic N) is 1. The number of benzene rings is 3. The van der Waals surface area contributed by atoms with Crippen molar-refractivity contribution in [3.63, 3.8) is 0 Å². The maximum Gasteiger partial charge on any atom is 0.338 e. The third-order valence-corrected chi connectivity index (χ3v) is 6.54. The summed E-state index contributed by atoms with van der Waals surface area (Å²) in [7, 11) is 0. The van der Waals surface area contributed by atoms with Crippen molar-refractivity contribution >= 4 is 40.1 Å². The van der Waals surface area contributed by atoms with Gasteiger partial charge in [0.25, 0.3) is 5.91 Å². The lowest BCUT2D eigenvalue weighted by atomic mass is 9.97. The lowest BCUT2D eigenvalue weighted by molar-refractivity contribution is 0.0526. The second-order valence-electron chi connectivity index (χ2n) is 8.51. The van der Waals surface area contributed by atoms with E-state index in [0.717, 1.165) is 11.1 Å². The van der Waals surface area contributed by atoms with E-state index in [0.29, 0.717) is 32.8 Å². The van der Waals surface area contributed by atoms with E-state index in [1.807, 2.05) is 19.9 Å². The number of aryl methyl sites for hydroxylation is 2. The van der Waals surface area contributed by atoms with E-state index >= 15 is 0 Å². The molecular weight excluding hydrogens is 466 g/mol. The standard InChI is InChI=1S/C28H22ClNO5/c1-4-34-28(33)17-8-10-20(11-9-17)30-24(18-6-5-7-19(29)14-18)23-25(31)21-12-15(2)16(3)13-22(21)35-26(23)27(30)32/h5-14,24H,4H2,1-3H3. The van der Waals surface area contributed by atoms with Gasteiger partial charge in [0.2, 0.25) is 5.76 Å². The third-order valence-electron chi connectivity index (χ3n) is 6.31. The molecule has 2 heterocycles. The highest BCUT2D eigenvalue weighted by Crippen LogP contribution is 2.42. The van der Waals surface area contributed by atoms with E-state index in [1.54, 1.807) is 61.5 Å². The van der Waals surface area contributed by atoms with E-state index in [2.05, 4.69) is 0 Å². The summed E-state index contributed by atoms with van der Waals surface area (Å²) in [5.41, 5.74) is 3.85. The summed E-state index contributed by atoms with van der Waals surface area (Å²) in [4.78, 5) is 41.1. The molecule has 35 heavy (non-hydrogen) atoms. The van der Waals surface area contributed by atoms with Crippen molar-refractivity contribution in [3.8, 4) is 0 Å². The highest BCUT2D eigenvalue weighted by Gasteiger charge is 2.43. The Hall–Kier alpha value is -3.90. The van der Waals surface area contributed by atoms with Crippen molar-refractivity contribution in [3.05, 3.63) is 109 Å². The van der Waals surface area contributed by atoms with Crippen molar-refractivity contribution in [2.45, 2.75) is 26.8 Å². The van der Waals surface area contributed by atoms with Crippen molar-refractivity contribution in [1.29, 1.82) is 0 Å². The van der Waals surface area contributed by atoms with Gasteiger partial charge < -0.3 is 9.15 Å². The Balaban J connectivity index is 1.73. The smallest absolute Gasteiger partial charge is 0.338 e. The molecule has 1 aliphatic rings. The minimum absolute atomic E-state index is 0.00481. The summed E-state index contributed by atoms with van der Waals surface area (Å²) in [6, 6.07) is 16.4. The molecule has 0 radical (unpaired) electrons. The van der Waals surface area contributed by atoms with Gasteiger partial charge in [0.15, 0.2) is 5.43 Å². The molecular formula is C28H22ClNO5. The Labute approximate surface area is 206 Å². The zero-order valence-corrected chi connectivity index (χ0v) is 20.2. The van der Waals surface area contributed by atoms with Crippen molar-refractivity contribution in [2.24, 2.45) is 0 Å². The first kappa shape index (κ1) is 22.9. The molecule has 4 aromatic rings. The van der Waals surface area contributed by atoms with Crippen LogP contribution in [0.3, 0.4) is 0 Å². The number of carbonyl (C=O) groups excluding carboxylic acids is 2. The maximum atomic E-state index is 13.8. The van der Waals surface area contributed by atoms with E-state index in [-0.39, 0.29) is 23.4 Å². The number of hydrogen-bond donors (Lipinski definition) is 0. The fraction of sp³-hybridized carbons (Fsp3) is 0.179. The number of fused-ring (bicyclic) bond motifs is 2. The molecule has 0 aliphatic carbocycles. The molecule has 1 aliphatic heterocycles. The van der Waals surface area contributed by atoms with Crippen LogP contribution < -0.4 is 10.3 Å². The Kier molecular flexibility index (Phi) is 5.69. The molecule has 1 atom stereocenters. The fourth-order valence-corrected chi connectivity index (χ4v) is 4.66. The molecule has 0 spiro atoms. The van der Waals surface area contributed by atoms with Gasteiger partial charge in [0, 0.05) is 10.7 Å². The average Bonchev–Trinajstić information content (AvgIpc) is 3.13. The van der Waals surface area contributed by atoms with E-state index < -0.39 is 17.9 Å². The molecule has 0 N–H and O–H groups in total. The zero-order chi connectivity index (χ0) is 24.9. The van der Waals surface area contributed by atoms with Crippen LogP contribution in [0.4, 0.5) is 5.69 Å². The zero-order valence-electron chi connectivity index (χ0n) is 19.4. The molecule has 1 aromatic heterocycles. The van der Waals surface area contributed by atoms with Gasteiger partial charge in [-0.25, -0.2) is 4.79 Å². The van der Waals surface area contributed by atoms with Gasteiger partial charge in [-0.15, -0.1) is 0 Å². The van der Waals surface area contributed by atoms with E-state index in [9.17, 15) is 14.4 Å². The molecule has 1 amide bonds. The number of anilines is 1. The van der Waals surface area contributed by atoms with Crippen LogP contribution in [0, 0.1) is 13.8 Å². The highest BCUT2D eigenvalue weighted by atomic mass is 35.5. The van der Waals surface area contributed by atoms with Gasteiger partial charge in [-0.1, -0.05) is 23.7 Å². The van der Waals surface area contributed by atoms with Gasteiger partial charge >= 0.3 is 5.97 Å². The minimum Gasteiger partial charge on any atom is -0.462 e. The van der Waals surface area contributed by atoms with Gasteiger partial charge in [0.1, 0.15) is 5.58 Å². The number of hydrogen-bond acceptors (Lipinski definition) is 5. The van der Waals surface area contributed by atoms with Crippen molar-refractivity contribution in [2.75, 3.05) is 11.5 Å². The SMILES string of the molecule is CCOC(=O)c1ccc(N2C(=O)c3oc4cc(C)c(C)cc4c(=O)c3C2c2cccc(Cl)c2)cc1. The van der Waals surface area contributed by atoms with Crippen molar-refractivity contribution < 1.29 is 18.7 Å². The number of esters is 1. The predicted octanol–water partition coefficient (Wildman–Crippen LogP) is 5.99. The molecule has 6 nitrogen and oxygen atoms in total. The first-order valence-electron chi connectivity index (χ1n) is 11.2. The molecule has 5 rings (SSSR count). The van der Waals surface area contributed by atoms with Crippen LogP contribution in [0.2, 0.25) is 5.02 Å². The quantitative estimate of drug-likeness (QED) is 0.330. The van der Waals surface area contributed by atoms with Gasteiger partial charge in [-0.3, -0.25) is 14.5 Å². The monoisotopic (exact) mass is 487 g/mol. The normalized spacial score (nSPS) is 14.9. The predicted molar refractivity (Wildman–Crippen MR) is 134 cm³/mol. The Bertz CT molecular complexity index is 1550. The number of rotatable bonds is 4. The van der Waals surface area contributed by atoms with E-state index in [1.165, 1.54) is 4.90 Å². The second-order valence-corrected chi connectivity index (χ2v) is 8.94.